The number of ether oxygens (including phenoxy) is 1. The zero-order valence-corrected chi connectivity index (χ0v) is 11.7. The van der Waals surface area contributed by atoms with Crippen LogP contribution in [0.5, 0.6) is 5.75 Å². The number of fused-ring (bicyclic) bond motifs is 4. The number of quaternary nitrogens is 1. The molecule has 4 heteroatoms. The minimum atomic E-state index is -0.239. The zero-order valence-electron chi connectivity index (χ0n) is 11.7. The highest BCUT2D eigenvalue weighted by molar-refractivity contribution is 6.03. The molecule has 1 aromatic carbocycles. The van der Waals surface area contributed by atoms with Crippen LogP contribution in [0.25, 0.3) is 0 Å². The van der Waals surface area contributed by atoms with Gasteiger partial charge in [-0.15, -0.1) is 0 Å². The lowest BCUT2D eigenvalue weighted by atomic mass is 9.78. The molecule has 0 radical (unpaired) electrons. The van der Waals surface area contributed by atoms with Crippen molar-refractivity contribution in [3.63, 3.8) is 0 Å². The van der Waals surface area contributed by atoms with Crippen molar-refractivity contribution in [3.05, 3.63) is 34.5 Å². The average Bonchev–Trinajstić information content (AvgIpc) is 2.80. The maximum absolute atomic E-state index is 12.9. The van der Waals surface area contributed by atoms with Crippen molar-refractivity contribution < 1.29 is 14.2 Å². The molecule has 0 bridgehead atoms. The summed E-state index contributed by atoms with van der Waals surface area (Å²) in [6.45, 7) is 3.21. The maximum atomic E-state index is 12.9. The van der Waals surface area contributed by atoms with Crippen LogP contribution in [-0.2, 0) is 0 Å². The fraction of sp³-hybridized carbons (Fsp3) is 0.562. The number of carbonyl (C=O) groups is 1. The van der Waals surface area contributed by atoms with Crippen LogP contribution in [-0.4, -0.2) is 35.7 Å². The van der Waals surface area contributed by atoms with Crippen molar-refractivity contribution >= 4 is 5.78 Å². The molecule has 1 aromatic rings. The van der Waals surface area contributed by atoms with E-state index in [4.69, 9.17) is 4.74 Å². The number of benzene rings is 1. The molecule has 0 aliphatic carbocycles. The summed E-state index contributed by atoms with van der Waals surface area (Å²) in [5.41, 5.74) is 1.66. The Morgan fingerprint density at radius 2 is 2.15 bits per heavy atom. The number of nitrogens with zero attached hydrogens (tertiary/aromatic N) is 1. The maximum Gasteiger partial charge on any atom is 0.179 e. The predicted molar refractivity (Wildman–Crippen MR) is 74.4 cm³/mol. The van der Waals surface area contributed by atoms with Gasteiger partial charge in [-0.1, -0.05) is 12.1 Å². The Morgan fingerprint density at radius 3 is 3.00 bits per heavy atom. The molecule has 4 rings (SSSR count). The second-order valence-electron chi connectivity index (χ2n) is 6.39. The number of Topliss-reactive ketones (excluding diaryl/α,β-unsaturated/α-hetero) is 1. The van der Waals surface area contributed by atoms with Crippen LogP contribution in [0.3, 0.4) is 0 Å². The van der Waals surface area contributed by atoms with E-state index < -0.39 is 0 Å². The summed E-state index contributed by atoms with van der Waals surface area (Å²) in [7, 11) is 0. The molecule has 0 aromatic heterocycles. The van der Waals surface area contributed by atoms with Crippen LogP contribution < -0.4 is 4.74 Å². The number of hydroxylamine groups is 3. The second kappa shape index (κ2) is 4.06. The smallest absolute Gasteiger partial charge is 0.179 e. The molecule has 2 saturated heterocycles. The zero-order chi connectivity index (χ0) is 13.9. The number of hydrogen-bond acceptors (Lipinski definition) is 3. The average molecular weight is 273 g/mol. The summed E-state index contributed by atoms with van der Waals surface area (Å²) in [5, 5.41) is 12.8. The molecule has 4 nitrogen and oxygen atoms in total. The molecule has 4 atom stereocenters. The molecular formula is C16H19NO3. The second-order valence-corrected chi connectivity index (χ2v) is 6.39. The van der Waals surface area contributed by atoms with Crippen molar-refractivity contribution in [1.29, 1.82) is 0 Å². The molecule has 20 heavy (non-hydrogen) atoms. The van der Waals surface area contributed by atoms with Gasteiger partial charge in [0.1, 0.15) is 23.8 Å². The Hall–Kier alpha value is -1.39. The Kier molecular flexibility index (Phi) is 2.51. The number of carbonyl (C=O) groups excluding carboxylic acids is 1. The molecule has 0 saturated carbocycles. The van der Waals surface area contributed by atoms with Crippen LogP contribution >= 0.6 is 0 Å². The van der Waals surface area contributed by atoms with Gasteiger partial charge in [0.15, 0.2) is 5.78 Å². The third kappa shape index (κ3) is 1.52. The molecule has 106 valence electrons. The molecular weight excluding hydrogens is 254 g/mol. The third-order valence-corrected chi connectivity index (χ3v) is 5.31. The molecule has 0 amide bonds. The normalized spacial score (nSPS) is 38.7. The fourth-order valence-corrected chi connectivity index (χ4v) is 4.35. The van der Waals surface area contributed by atoms with Crippen molar-refractivity contribution in [3.8, 4) is 5.75 Å². The van der Waals surface area contributed by atoms with Gasteiger partial charge in [0.05, 0.1) is 18.7 Å². The highest BCUT2D eigenvalue weighted by atomic mass is 16.6. The third-order valence-electron chi connectivity index (χ3n) is 5.31. The van der Waals surface area contributed by atoms with E-state index in [9.17, 15) is 10.0 Å². The number of piperidine rings is 1. The monoisotopic (exact) mass is 273 g/mol. The quantitative estimate of drug-likeness (QED) is 0.539. The minimum absolute atomic E-state index is 0.0889. The molecule has 3 aliphatic rings. The van der Waals surface area contributed by atoms with Gasteiger partial charge >= 0.3 is 0 Å². The van der Waals surface area contributed by atoms with Crippen LogP contribution in [0.1, 0.15) is 35.2 Å². The molecule has 3 aliphatic heterocycles. The number of ketones is 1. The Balaban J connectivity index is 1.80. The molecule has 3 heterocycles. The van der Waals surface area contributed by atoms with Crippen molar-refractivity contribution in [1.82, 2.24) is 0 Å². The van der Waals surface area contributed by atoms with E-state index in [1.54, 1.807) is 0 Å². The Morgan fingerprint density at radius 1 is 1.30 bits per heavy atom. The van der Waals surface area contributed by atoms with Gasteiger partial charge in [0.2, 0.25) is 0 Å². The van der Waals surface area contributed by atoms with Gasteiger partial charge < -0.3 is 14.6 Å². The lowest BCUT2D eigenvalue weighted by Crippen LogP contribution is -2.62. The van der Waals surface area contributed by atoms with Crippen LogP contribution in [0.15, 0.2) is 18.2 Å². The summed E-state index contributed by atoms with van der Waals surface area (Å²) in [6, 6.07) is 5.65. The number of aryl methyl sites for hydroxylation is 1. The van der Waals surface area contributed by atoms with Gasteiger partial charge in [0.25, 0.3) is 0 Å². The van der Waals surface area contributed by atoms with Gasteiger partial charge in [-0.25, -0.2) is 0 Å². The Bertz CT molecular complexity index is 585. The van der Waals surface area contributed by atoms with Gasteiger partial charge in [-0.2, -0.15) is 0 Å². The first-order valence-electron chi connectivity index (χ1n) is 7.48. The first kappa shape index (κ1) is 12.4. The standard InChI is InChI=1S/C16H19NO3/c1-10-4-2-6-12-14(10)16(18)15-11-5-3-8-17(11,19)9-7-13(15)20-12/h2,4,6,11,13,15H,3,5,7-9H2,1H3/t11-,13-,15-,17-/m1/s1. The summed E-state index contributed by atoms with van der Waals surface area (Å²) < 4.78 is 5.90. The van der Waals surface area contributed by atoms with E-state index in [1.165, 1.54) is 0 Å². The summed E-state index contributed by atoms with van der Waals surface area (Å²) in [6.07, 6.45) is 2.40. The van der Waals surface area contributed by atoms with Crippen LogP contribution in [0, 0.1) is 18.0 Å². The predicted octanol–water partition coefficient (Wildman–Crippen LogP) is 2.44. The topological polar surface area (TPSA) is 49.4 Å². The largest absolute Gasteiger partial charge is 0.633 e. The summed E-state index contributed by atoms with van der Waals surface area (Å²) in [4.78, 5) is 12.9. The van der Waals surface area contributed by atoms with E-state index in [-0.39, 0.29) is 28.5 Å². The first-order valence-corrected chi connectivity index (χ1v) is 7.48. The van der Waals surface area contributed by atoms with Crippen molar-refractivity contribution in [2.75, 3.05) is 13.1 Å². The molecule has 2 fully saturated rings. The van der Waals surface area contributed by atoms with E-state index in [1.807, 2.05) is 25.1 Å². The van der Waals surface area contributed by atoms with Crippen LogP contribution in [0.2, 0.25) is 0 Å². The minimum Gasteiger partial charge on any atom is -0.633 e. The van der Waals surface area contributed by atoms with E-state index in [0.717, 1.165) is 18.4 Å². The van der Waals surface area contributed by atoms with Crippen molar-refractivity contribution in [2.45, 2.75) is 38.3 Å². The summed E-state index contributed by atoms with van der Waals surface area (Å²) in [5.74, 6) is 0.608. The number of hydrogen-bond donors (Lipinski definition) is 0. The lowest BCUT2D eigenvalue weighted by molar-refractivity contribution is -0.901. The lowest BCUT2D eigenvalue weighted by Gasteiger charge is -2.53. The van der Waals surface area contributed by atoms with Gasteiger partial charge in [0, 0.05) is 19.3 Å². The highest BCUT2D eigenvalue weighted by Gasteiger charge is 2.54. The SMILES string of the molecule is Cc1cccc2c1C(=O)[C@@H]1[C@H]3CCC[N@@+]3([O-])CC[C@H]1O2. The van der Waals surface area contributed by atoms with Crippen molar-refractivity contribution in [2.24, 2.45) is 5.92 Å². The molecule has 0 unspecified atom stereocenters. The molecule has 0 spiro atoms. The summed E-state index contributed by atoms with van der Waals surface area (Å²) >= 11 is 0. The first-order chi connectivity index (χ1) is 9.60. The number of rotatable bonds is 0. The van der Waals surface area contributed by atoms with E-state index >= 15 is 0 Å². The van der Waals surface area contributed by atoms with Gasteiger partial charge in [-0.05, 0) is 18.6 Å². The fourth-order valence-electron chi connectivity index (χ4n) is 4.35. The van der Waals surface area contributed by atoms with Crippen LogP contribution in [0.4, 0.5) is 0 Å². The van der Waals surface area contributed by atoms with E-state index in [0.29, 0.717) is 30.8 Å². The Labute approximate surface area is 118 Å². The van der Waals surface area contributed by atoms with Gasteiger partial charge in [-0.3, -0.25) is 4.79 Å². The highest BCUT2D eigenvalue weighted by Crippen LogP contribution is 2.44. The molecule has 0 N–H and O–H groups in total. The van der Waals surface area contributed by atoms with E-state index in [2.05, 4.69) is 0 Å².